The molecule has 314 valence electrons. The molecule has 6 atom stereocenters. The number of nitrogens with two attached hydrogens (primary N) is 5. The average molecular weight is 785 g/mol. The van der Waals surface area contributed by atoms with E-state index in [1.165, 1.54) is 0 Å². The number of hydrogen-bond donors (Lipinski definition) is 12. The molecule has 55 heavy (non-hydrogen) atoms. The van der Waals surface area contributed by atoms with Crippen molar-refractivity contribution in [2.45, 2.75) is 129 Å². The summed E-state index contributed by atoms with van der Waals surface area (Å²) in [6.07, 6.45) is 0.140. The number of carboxylic acid groups (broad SMARTS) is 2. The molecule has 0 heterocycles. The molecule has 0 aliphatic heterocycles. The molecule has 0 aliphatic carbocycles. The van der Waals surface area contributed by atoms with Crippen molar-refractivity contribution >= 4 is 53.4 Å². The van der Waals surface area contributed by atoms with Gasteiger partial charge < -0.3 is 65.5 Å². The van der Waals surface area contributed by atoms with E-state index in [2.05, 4.69) is 36.6 Å². The van der Waals surface area contributed by atoms with E-state index in [0.717, 1.165) is 0 Å². The van der Waals surface area contributed by atoms with Crippen molar-refractivity contribution < 1.29 is 43.8 Å². The summed E-state index contributed by atoms with van der Waals surface area (Å²) in [6, 6.07) is -7.57. The summed E-state index contributed by atoms with van der Waals surface area (Å²) in [7, 11) is 0. The first-order chi connectivity index (χ1) is 25.5. The molecule has 5 amide bonds. The first-order valence-electron chi connectivity index (χ1n) is 18.4. The molecular formula is C34H64N12O9. The number of carbonyl (C=O) groups is 7. The zero-order chi connectivity index (χ0) is 42.4. The van der Waals surface area contributed by atoms with Gasteiger partial charge in [0.2, 0.25) is 29.5 Å². The number of amides is 5. The van der Waals surface area contributed by atoms with Gasteiger partial charge in [-0.15, -0.1) is 0 Å². The number of nitrogens with zero attached hydrogens (tertiary/aromatic N) is 2. The Morgan fingerprint density at radius 1 is 0.509 bits per heavy atom. The van der Waals surface area contributed by atoms with Crippen LogP contribution < -0.4 is 55.3 Å². The Morgan fingerprint density at radius 3 is 1.15 bits per heavy atom. The van der Waals surface area contributed by atoms with Crippen LogP contribution in [-0.4, -0.2) is 113 Å². The molecule has 0 aromatic carbocycles. The van der Waals surface area contributed by atoms with Crippen molar-refractivity contribution in [3.05, 3.63) is 0 Å². The minimum Gasteiger partial charge on any atom is -0.481 e. The lowest BCUT2D eigenvalue weighted by Crippen LogP contribution is -2.59. The number of aliphatic imine (C=N–C) groups is 2. The van der Waals surface area contributed by atoms with E-state index in [9.17, 15) is 38.7 Å². The van der Waals surface area contributed by atoms with E-state index in [4.69, 9.17) is 33.8 Å². The average Bonchev–Trinajstić information content (AvgIpc) is 3.04. The van der Waals surface area contributed by atoms with Gasteiger partial charge in [-0.1, -0.05) is 41.5 Å². The molecule has 0 radical (unpaired) electrons. The lowest BCUT2D eigenvalue weighted by atomic mass is 9.99. The van der Waals surface area contributed by atoms with Gasteiger partial charge in [-0.05, 0) is 62.7 Å². The number of hydrogen-bond acceptors (Lipinski definition) is 10. The number of nitrogens with one attached hydrogen (secondary N) is 5. The Hall–Kier alpha value is -5.21. The number of aliphatic carboxylic acids is 2. The van der Waals surface area contributed by atoms with Crippen molar-refractivity contribution in [2.24, 2.45) is 56.4 Å². The number of rotatable bonds is 27. The zero-order valence-corrected chi connectivity index (χ0v) is 32.8. The Balaban J connectivity index is 6.45. The molecule has 21 nitrogen and oxygen atoms in total. The molecule has 0 rings (SSSR count). The molecule has 21 heteroatoms. The van der Waals surface area contributed by atoms with Crippen LogP contribution in [0.2, 0.25) is 0 Å². The van der Waals surface area contributed by atoms with Gasteiger partial charge in [-0.25, -0.2) is 4.79 Å². The fraction of sp³-hybridized carbons (Fsp3) is 0.735. The highest BCUT2D eigenvalue weighted by atomic mass is 16.4. The predicted octanol–water partition coefficient (Wildman–Crippen LogP) is -2.46. The summed E-state index contributed by atoms with van der Waals surface area (Å²) >= 11 is 0. The molecule has 0 spiro atoms. The molecule has 0 aromatic heterocycles. The van der Waals surface area contributed by atoms with E-state index in [1.807, 2.05) is 0 Å². The van der Waals surface area contributed by atoms with Gasteiger partial charge in [0, 0.05) is 13.1 Å². The summed E-state index contributed by atoms with van der Waals surface area (Å²) < 4.78 is 0. The van der Waals surface area contributed by atoms with Crippen LogP contribution in [0.3, 0.4) is 0 Å². The molecule has 0 unspecified atom stereocenters. The normalized spacial score (nSPS) is 14.4. The molecule has 0 aliphatic rings. The highest BCUT2D eigenvalue weighted by molar-refractivity contribution is 5.96. The monoisotopic (exact) mass is 784 g/mol. The van der Waals surface area contributed by atoms with Crippen LogP contribution in [0.25, 0.3) is 0 Å². The second kappa shape index (κ2) is 25.7. The molecule has 17 N–H and O–H groups in total. The number of guanidine groups is 2. The number of carbonyl (C=O) groups excluding carboxylic acids is 5. The fourth-order valence-corrected chi connectivity index (χ4v) is 5.29. The third kappa shape index (κ3) is 22.6. The van der Waals surface area contributed by atoms with E-state index in [0.29, 0.717) is 0 Å². The molecule has 0 saturated carbocycles. The van der Waals surface area contributed by atoms with E-state index >= 15 is 0 Å². The Bertz CT molecular complexity index is 1350. The third-order valence-electron chi connectivity index (χ3n) is 7.89. The zero-order valence-electron chi connectivity index (χ0n) is 32.8. The largest absolute Gasteiger partial charge is 0.481 e. The van der Waals surface area contributed by atoms with Crippen LogP contribution >= 0.6 is 0 Å². The minimum absolute atomic E-state index is 0.00645. The van der Waals surface area contributed by atoms with E-state index < -0.39 is 84.1 Å². The van der Waals surface area contributed by atoms with Gasteiger partial charge in [0.1, 0.15) is 30.2 Å². The Labute approximate surface area is 322 Å². The van der Waals surface area contributed by atoms with Crippen molar-refractivity contribution in [3.8, 4) is 0 Å². The first kappa shape index (κ1) is 49.8. The summed E-state index contributed by atoms with van der Waals surface area (Å²) in [4.78, 5) is 98.1. The van der Waals surface area contributed by atoms with Gasteiger partial charge in [0.05, 0.1) is 12.5 Å². The van der Waals surface area contributed by atoms with Crippen LogP contribution in [0.1, 0.15) is 92.9 Å². The smallest absolute Gasteiger partial charge is 0.326 e. The highest BCUT2D eigenvalue weighted by Crippen LogP contribution is 2.12. The summed E-state index contributed by atoms with van der Waals surface area (Å²) in [5, 5.41) is 31.6. The van der Waals surface area contributed by atoms with Crippen LogP contribution in [0.15, 0.2) is 9.98 Å². The maximum absolute atomic E-state index is 13.9. The summed E-state index contributed by atoms with van der Waals surface area (Å²) in [6.45, 7) is 11.0. The standard InChI is InChI=1S/C34H64N12O9/c1-17(2)13-23(44-27(49)20(35)16-26(47)48)30(52)42-21(9-7-11-40-33(36)37)28(50)45-24(14-18(3)4)31(53)43-22(10-8-12-41-34(38)39)29(51)46-25(32(54)55)15-19(5)6/h17-25H,7-16,35H2,1-6H3,(H,42,52)(H,43,53)(H,44,49)(H,45,50)(H,46,51)(H,47,48)(H,54,55)(H4,36,37,40)(H4,38,39,41)/t20-,21-,22-,23-,24-,25-/m0/s1. The third-order valence-corrected chi connectivity index (χ3v) is 7.89. The van der Waals surface area contributed by atoms with E-state index in [1.54, 1.807) is 41.5 Å². The minimum atomic E-state index is -1.43. The lowest BCUT2D eigenvalue weighted by Gasteiger charge is -2.28. The maximum atomic E-state index is 13.9. The van der Waals surface area contributed by atoms with Gasteiger partial charge in [-0.3, -0.25) is 38.8 Å². The Morgan fingerprint density at radius 2 is 0.818 bits per heavy atom. The van der Waals surface area contributed by atoms with Crippen LogP contribution in [-0.2, 0) is 33.6 Å². The van der Waals surface area contributed by atoms with Gasteiger partial charge in [0.25, 0.3) is 0 Å². The molecular weight excluding hydrogens is 720 g/mol. The summed E-state index contributed by atoms with van der Waals surface area (Å²) in [5.41, 5.74) is 27.4. The van der Waals surface area contributed by atoms with Crippen LogP contribution in [0.5, 0.6) is 0 Å². The second-order valence-corrected chi connectivity index (χ2v) is 14.6. The molecule has 0 bridgehead atoms. The topological polar surface area (TPSA) is 375 Å². The van der Waals surface area contributed by atoms with Gasteiger partial charge in [0.15, 0.2) is 11.9 Å². The molecule has 0 saturated heterocycles. The quantitative estimate of drug-likeness (QED) is 0.0234. The highest BCUT2D eigenvalue weighted by Gasteiger charge is 2.33. The SMILES string of the molecule is CC(C)C[C@H](NC(=O)[C@H](CCCN=C(N)N)NC(=O)[C@H](CC(C)C)NC(=O)[C@H](CCCN=C(N)N)NC(=O)[C@H](CC(C)C)NC(=O)[C@@H](N)CC(=O)O)C(=O)O. The van der Waals surface area contributed by atoms with Crippen molar-refractivity contribution in [1.29, 1.82) is 0 Å². The first-order valence-corrected chi connectivity index (χ1v) is 18.4. The van der Waals surface area contributed by atoms with Crippen LogP contribution in [0, 0.1) is 17.8 Å². The fourth-order valence-electron chi connectivity index (χ4n) is 5.29. The lowest BCUT2D eigenvalue weighted by molar-refractivity contribution is -0.143. The van der Waals surface area contributed by atoms with Crippen molar-refractivity contribution in [3.63, 3.8) is 0 Å². The summed E-state index contributed by atoms with van der Waals surface area (Å²) in [5.74, 6) is -7.17. The maximum Gasteiger partial charge on any atom is 0.326 e. The predicted molar refractivity (Wildman–Crippen MR) is 206 cm³/mol. The van der Waals surface area contributed by atoms with E-state index in [-0.39, 0.29) is 87.7 Å². The van der Waals surface area contributed by atoms with Crippen LogP contribution in [0.4, 0.5) is 0 Å². The van der Waals surface area contributed by atoms with Crippen molar-refractivity contribution in [2.75, 3.05) is 13.1 Å². The van der Waals surface area contributed by atoms with Gasteiger partial charge >= 0.3 is 11.9 Å². The Kier molecular flexibility index (Phi) is 23.3. The second-order valence-electron chi connectivity index (χ2n) is 14.6. The molecule has 0 fully saturated rings. The van der Waals surface area contributed by atoms with Gasteiger partial charge in [-0.2, -0.15) is 0 Å². The number of carboxylic acids is 2. The molecule has 0 aromatic rings. The van der Waals surface area contributed by atoms with Crippen molar-refractivity contribution in [1.82, 2.24) is 26.6 Å².